The van der Waals surface area contributed by atoms with Crippen molar-refractivity contribution in [3.05, 3.63) is 34.9 Å². The van der Waals surface area contributed by atoms with Gasteiger partial charge in [-0.2, -0.15) is 0 Å². The zero-order chi connectivity index (χ0) is 24.5. The molecule has 1 aliphatic rings. The van der Waals surface area contributed by atoms with E-state index in [0.717, 1.165) is 5.56 Å². The maximum Gasteiger partial charge on any atom is 0.411 e. The smallest absolute Gasteiger partial charge is 0.411 e. The highest BCUT2D eigenvalue weighted by atomic mass is 35.5. The first kappa shape index (κ1) is 26.7. The topological polar surface area (TPSA) is 67.9 Å². The van der Waals surface area contributed by atoms with Crippen LogP contribution < -0.4 is 5.32 Å². The largest absolute Gasteiger partial charge is 0.444 e. The Kier molecular flexibility index (Phi) is 7.80. The minimum Gasteiger partial charge on any atom is -0.444 e. The fourth-order valence-electron chi connectivity index (χ4n) is 3.39. The van der Waals surface area contributed by atoms with Crippen molar-refractivity contribution in [2.75, 3.05) is 13.1 Å². The van der Waals surface area contributed by atoms with E-state index >= 15 is 0 Å². The van der Waals surface area contributed by atoms with Crippen molar-refractivity contribution in [3.63, 3.8) is 0 Å². The lowest BCUT2D eigenvalue weighted by Crippen LogP contribution is -2.57. The summed E-state index contributed by atoms with van der Waals surface area (Å²) in [6.07, 6.45) is -0.469. The quantitative estimate of drug-likeness (QED) is 0.511. The molecule has 0 bridgehead atoms. The van der Waals surface area contributed by atoms with Crippen LogP contribution in [0.15, 0.2) is 24.3 Å². The van der Waals surface area contributed by atoms with Crippen LogP contribution in [-0.4, -0.2) is 49.4 Å². The molecule has 2 unspecified atom stereocenters. The van der Waals surface area contributed by atoms with Gasteiger partial charge in [0.2, 0.25) is 5.91 Å². The van der Waals surface area contributed by atoms with Gasteiger partial charge in [-0.15, -0.1) is 0 Å². The average Bonchev–Trinajstić information content (AvgIpc) is 2.95. The lowest BCUT2D eigenvalue weighted by Gasteiger charge is -2.43. The minimum atomic E-state index is -2.22. The first-order valence-electron chi connectivity index (χ1n) is 11.2. The number of benzene rings is 1. The molecule has 1 heterocycles. The van der Waals surface area contributed by atoms with Crippen LogP contribution in [0.25, 0.3) is 0 Å². The van der Waals surface area contributed by atoms with E-state index in [0.29, 0.717) is 18.0 Å². The van der Waals surface area contributed by atoms with Crippen molar-refractivity contribution in [2.24, 2.45) is 0 Å². The minimum absolute atomic E-state index is 0.0325. The summed E-state index contributed by atoms with van der Waals surface area (Å²) in [7, 11) is -2.22. The van der Waals surface area contributed by atoms with Crippen LogP contribution in [-0.2, 0) is 14.0 Å². The number of amides is 2. The Morgan fingerprint density at radius 2 is 1.88 bits per heavy atom. The van der Waals surface area contributed by atoms with E-state index in [1.165, 1.54) is 0 Å². The monoisotopic (exact) mass is 482 g/mol. The summed E-state index contributed by atoms with van der Waals surface area (Å²) >= 11 is 6.30. The summed E-state index contributed by atoms with van der Waals surface area (Å²) in [6, 6.07) is 7.50. The molecular weight excluding hydrogens is 444 g/mol. The van der Waals surface area contributed by atoms with Crippen LogP contribution in [0.1, 0.15) is 66.6 Å². The Morgan fingerprint density at radius 3 is 2.34 bits per heavy atom. The standard InChI is InChI=1S/C24H39ClN2O4Si/c1-22(2,3)30-21(29)27(24(7)13-14-26-20(24)28)16-19(17-11-10-12-18(25)15-17)31-32(8,9)23(4,5)6/h10-12,15,19H,13-14,16H2,1-9H3,(H,26,28). The summed E-state index contributed by atoms with van der Waals surface area (Å²) in [4.78, 5) is 27.7. The third-order valence-electron chi connectivity index (χ3n) is 6.41. The Bertz CT molecular complexity index is 847. The van der Waals surface area contributed by atoms with Gasteiger partial charge in [0.1, 0.15) is 11.1 Å². The van der Waals surface area contributed by atoms with Crippen LogP contribution in [0.3, 0.4) is 0 Å². The lowest BCUT2D eigenvalue weighted by atomic mass is 9.97. The van der Waals surface area contributed by atoms with Gasteiger partial charge in [0.25, 0.3) is 0 Å². The van der Waals surface area contributed by atoms with Gasteiger partial charge < -0.3 is 14.5 Å². The maximum atomic E-state index is 13.3. The number of carbonyl (C=O) groups is 2. The molecule has 1 fully saturated rings. The normalized spacial score (nSPS) is 20.6. The van der Waals surface area contributed by atoms with Crippen molar-refractivity contribution in [3.8, 4) is 0 Å². The molecule has 1 aliphatic heterocycles. The molecule has 1 aromatic rings. The zero-order valence-corrected chi connectivity index (χ0v) is 22.7. The molecule has 6 nitrogen and oxygen atoms in total. The number of ether oxygens (including phenoxy) is 1. The predicted molar refractivity (Wildman–Crippen MR) is 131 cm³/mol. The number of nitrogens with one attached hydrogen (secondary N) is 1. The molecule has 1 N–H and O–H groups in total. The van der Waals surface area contributed by atoms with Gasteiger partial charge >= 0.3 is 6.09 Å². The number of carbonyl (C=O) groups excluding carboxylic acids is 2. The fourth-order valence-corrected chi connectivity index (χ4v) is 4.87. The number of halogens is 1. The second-order valence-electron chi connectivity index (χ2n) is 11.3. The first-order valence-corrected chi connectivity index (χ1v) is 14.5. The van der Waals surface area contributed by atoms with Crippen LogP contribution >= 0.6 is 11.6 Å². The molecule has 180 valence electrons. The number of hydrogen-bond donors (Lipinski definition) is 1. The first-order chi connectivity index (χ1) is 14.5. The van der Waals surface area contributed by atoms with Crippen molar-refractivity contribution >= 4 is 31.9 Å². The van der Waals surface area contributed by atoms with E-state index in [2.05, 4.69) is 39.2 Å². The summed E-state index contributed by atoms with van der Waals surface area (Å²) in [6.45, 7) is 18.8. The van der Waals surface area contributed by atoms with Gasteiger partial charge in [-0.05, 0) is 69.9 Å². The molecule has 0 aromatic heterocycles. The number of rotatable bonds is 6. The summed E-state index contributed by atoms with van der Waals surface area (Å²) in [5.74, 6) is -0.180. The van der Waals surface area contributed by atoms with E-state index in [1.54, 1.807) is 11.8 Å². The molecule has 2 rings (SSSR count). The fraction of sp³-hybridized carbons (Fsp3) is 0.667. The molecule has 2 amide bonds. The molecular formula is C24H39ClN2O4Si. The van der Waals surface area contributed by atoms with Gasteiger partial charge in [0.15, 0.2) is 8.32 Å². The highest BCUT2D eigenvalue weighted by molar-refractivity contribution is 6.74. The van der Waals surface area contributed by atoms with Gasteiger partial charge in [0.05, 0.1) is 12.6 Å². The molecule has 0 radical (unpaired) electrons. The van der Waals surface area contributed by atoms with Gasteiger partial charge in [-0.1, -0.05) is 44.5 Å². The highest BCUT2D eigenvalue weighted by Crippen LogP contribution is 2.41. The van der Waals surface area contributed by atoms with E-state index in [9.17, 15) is 9.59 Å². The Morgan fingerprint density at radius 1 is 1.25 bits per heavy atom. The van der Waals surface area contributed by atoms with Crippen LogP contribution in [0.4, 0.5) is 4.79 Å². The maximum absolute atomic E-state index is 13.3. The second kappa shape index (κ2) is 9.35. The van der Waals surface area contributed by atoms with Crippen molar-refractivity contribution in [1.29, 1.82) is 0 Å². The van der Waals surface area contributed by atoms with Crippen LogP contribution in [0, 0.1) is 0 Å². The SMILES string of the molecule is CC(C)(C)OC(=O)N(CC(O[Si](C)(C)C(C)(C)C)c1cccc(Cl)c1)C1(C)CCNC1=O. The molecule has 2 atom stereocenters. The average molecular weight is 483 g/mol. The molecule has 8 heteroatoms. The van der Waals surface area contributed by atoms with Crippen LogP contribution in [0.5, 0.6) is 0 Å². The van der Waals surface area contributed by atoms with E-state index in [1.807, 2.05) is 45.0 Å². The molecule has 1 saturated heterocycles. The van der Waals surface area contributed by atoms with Gasteiger partial charge in [-0.3, -0.25) is 9.69 Å². The van der Waals surface area contributed by atoms with Crippen molar-refractivity contribution in [1.82, 2.24) is 10.2 Å². The van der Waals surface area contributed by atoms with E-state index < -0.39 is 31.7 Å². The lowest BCUT2D eigenvalue weighted by molar-refractivity contribution is -0.129. The zero-order valence-electron chi connectivity index (χ0n) is 21.0. The van der Waals surface area contributed by atoms with Gasteiger partial charge in [-0.25, -0.2) is 4.79 Å². The second-order valence-corrected chi connectivity index (χ2v) is 16.5. The van der Waals surface area contributed by atoms with Crippen molar-refractivity contribution in [2.45, 2.75) is 90.3 Å². The third kappa shape index (κ3) is 6.26. The van der Waals surface area contributed by atoms with E-state index in [4.69, 9.17) is 20.8 Å². The number of nitrogens with zero attached hydrogens (tertiary/aromatic N) is 1. The number of hydrogen-bond acceptors (Lipinski definition) is 4. The Labute approximate surface area is 199 Å². The summed E-state index contributed by atoms with van der Waals surface area (Å²) in [5, 5.41) is 3.43. The predicted octanol–water partition coefficient (Wildman–Crippen LogP) is 5.92. The molecule has 32 heavy (non-hydrogen) atoms. The summed E-state index contributed by atoms with van der Waals surface area (Å²) in [5.41, 5.74) is -0.833. The molecule has 0 saturated carbocycles. The highest BCUT2D eigenvalue weighted by Gasteiger charge is 2.49. The van der Waals surface area contributed by atoms with Gasteiger partial charge in [0, 0.05) is 11.6 Å². The third-order valence-corrected chi connectivity index (χ3v) is 11.1. The van der Waals surface area contributed by atoms with Crippen molar-refractivity contribution < 1.29 is 18.8 Å². The molecule has 0 aliphatic carbocycles. The summed E-state index contributed by atoms with van der Waals surface area (Å²) < 4.78 is 12.5. The Balaban J connectivity index is 2.51. The Hall–Kier alpha value is -1.57. The molecule has 1 aromatic carbocycles. The molecule has 0 spiro atoms. The van der Waals surface area contributed by atoms with Crippen LogP contribution in [0.2, 0.25) is 23.2 Å². The van der Waals surface area contributed by atoms with E-state index in [-0.39, 0.29) is 17.5 Å².